The van der Waals surface area contributed by atoms with Gasteiger partial charge in [0.15, 0.2) is 6.61 Å². The second-order valence-corrected chi connectivity index (χ2v) is 8.63. The predicted octanol–water partition coefficient (Wildman–Crippen LogP) is 4.80. The van der Waals surface area contributed by atoms with E-state index in [2.05, 4.69) is 5.32 Å². The standard InChI is InChI=1S/C26H32N2O5/c1-31-21-9-11-22(12-10-21)32-16-15-28-23-17-20(8-13-24(23)33-18-26(28)30)27-25(29)14-7-19-5-3-2-4-6-19/h8-13,17,19H,2-7,14-16,18H2,1H3,(H,27,29). The summed E-state index contributed by atoms with van der Waals surface area (Å²) in [5, 5.41) is 2.98. The number of methoxy groups -OCH3 is 1. The number of carbonyl (C=O) groups is 2. The maximum absolute atomic E-state index is 12.5. The molecule has 0 spiro atoms. The van der Waals surface area contributed by atoms with Gasteiger partial charge in [-0.1, -0.05) is 32.1 Å². The number of benzene rings is 2. The van der Waals surface area contributed by atoms with Gasteiger partial charge in [-0.25, -0.2) is 0 Å². The summed E-state index contributed by atoms with van der Waals surface area (Å²) in [6, 6.07) is 12.7. The second-order valence-electron chi connectivity index (χ2n) is 8.63. The summed E-state index contributed by atoms with van der Waals surface area (Å²) in [7, 11) is 1.62. The predicted molar refractivity (Wildman–Crippen MR) is 127 cm³/mol. The van der Waals surface area contributed by atoms with Gasteiger partial charge in [-0.05, 0) is 54.8 Å². The van der Waals surface area contributed by atoms with Crippen molar-refractivity contribution in [3.63, 3.8) is 0 Å². The summed E-state index contributed by atoms with van der Waals surface area (Å²) in [5.74, 6) is 2.63. The Bertz CT molecular complexity index is 954. The molecule has 2 amide bonds. The van der Waals surface area contributed by atoms with E-state index in [9.17, 15) is 9.59 Å². The minimum Gasteiger partial charge on any atom is -0.497 e. The average molecular weight is 453 g/mol. The molecule has 33 heavy (non-hydrogen) atoms. The highest BCUT2D eigenvalue weighted by Gasteiger charge is 2.26. The van der Waals surface area contributed by atoms with E-state index in [1.54, 1.807) is 24.1 Å². The molecule has 2 aliphatic rings. The van der Waals surface area contributed by atoms with Crippen LogP contribution in [0.3, 0.4) is 0 Å². The van der Waals surface area contributed by atoms with Gasteiger partial charge in [-0.15, -0.1) is 0 Å². The van der Waals surface area contributed by atoms with E-state index >= 15 is 0 Å². The summed E-state index contributed by atoms with van der Waals surface area (Å²) in [4.78, 5) is 26.7. The Morgan fingerprint density at radius 1 is 1.09 bits per heavy atom. The van der Waals surface area contributed by atoms with Crippen LogP contribution >= 0.6 is 0 Å². The highest BCUT2D eigenvalue weighted by Crippen LogP contribution is 2.35. The van der Waals surface area contributed by atoms with Crippen LogP contribution in [0.25, 0.3) is 0 Å². The number of nitrogens with zero attached hydrogens (tertiary/aromatic N) is 1. The largest absolute Gasteiger partial charge is 0.497 e. The van der Waals surface area contributed by atoms with Crippen molar-refractivity contribution >= 4 is 23.2 Å². The van der Waals surface area contributed by atoms with E-state index in [1.807, 2.05) is 30.3 Å². The average Bonchev–Trinajstić information content (AvgIpc) is 2.85. The summed E-state index contributed by atoms with van der Waals surface area (Å²) in [6.45, 7) is 0.693. The van der Waals surface area contributed by atoms with Gasteiger partial charge in [-0.3, -0.25) is 9.59 Å². The minimum atomic E-state index is -0.137. The number of carbonyl (C=O) groups excluding carboxylic acids is 2. The number of amides is 2. The normalized spacial score (nSPS) is 16.0. The SMILES string of the molecule is COc1ccc(OCCN2C(=O)COc3ccc(NC(=O)CCC4CCCCC4)cc32)cc1. The first kappa shape index (κ1) is 23.0. The Morgan fingerprint density at radius 2 is 1.85 bits per heavy atom. The molecule has 2 aromatic rings. The van der Waals surface area contributed by atoms with Crippen LogP contribution in [0.15, 0.2) is 42.5 Å². The van der Waals surface area contributed by atoms with Crippen molar-refractivity contribution in [2.75, 3.05) is 37.1 Å². The van der Waals surface area contributed by atoms with Gasteiger partial charge in [0.2, 0.25) is 5.91 Å². The first-order valence-corrected chi connectivity index (χ1v) is 11.8. The van der Waals surface area contributed by atoms with Crippen LogP contribution in [0.1, 0.15) is 44.9 Å². The Morgan fingerprint density at radius 3 is 2.61 bits per heavy atom. The van der Waals surface area contributed by atoms with Crippen molar-refractivity contribution in [3.05, 3.63) is 42.5 Å². The van der Waals surface area contributed by atoms with E-state index in [0.717, 1.165) is 12.2 Å². The molecule has 1 aliphatic heterocycles. The summed E-state index contributed by atoms with van der Waals surface area (Å²) < 4.78 is 16.5. The second kappa shape index (κ2) is 11.1. The van der Waals surface area contributed by atoms with E-state index in [-0.39, 0.29) is 18.4 Å². The van der Waals surface area contributed by atoms with Gasteiger partial charge in [0, 0.05) is 12.1 Å². The Kier molecular flexibility index (Phi) is 7.70. The van der Waals surface area contributed by atoms with Crippen LogP contribution in [-0.4, -0.2) is 38.7 Å². The zero-order chi connectivity index (χ0) is 23.0. The molecule has 0 bridgehead atoms. The zero-order valence-electron chi connectivity index (χ0n) is 19.2. The minimum absolute atomic E-state index is 0.0113. The van der Waals surface area contributed by atoms with Crippen molar-refractivity contribution in [2.45, 2.75) is 44.9 Å². The van der Waals surface area contributed by atoms with Crippen molar-refractivity contribution < 1.29 is 23.8 Å². The summed E-state index contributed by atoms with van der Waals surface area (Å²) in [6.07, 6.45) is 7.81. The van der Waals surface area contributed by atoms with Crippen molar-refractivity contribution in [2.24, 2.45) is 5.92 Å². The molecule has 1 saturated carbocycles. The molecule has 1 N–H and O–H groups in total. The molecular formula is C26H32N2O5. The topological polar surface area (TPSA) is 77.1 Å². The van der Waals surface area contributed by atoms with Crippen molar-refractivity contribution in [3.8, 4) is 17.2 Å². The van der Waals surface area contributed by atoms with Gasteiger partial charge in [0.25, 0.3) is 5.91 Å². The van der Waals surface area contributed by atoms with Crippen molar-refractivity contribution in [1.29, 1.82) is 0 Å². The molecule has 4 rings (SSSR count). The lowest BCUT2D eigenvalue weighted by Gasteiger charge is -2.29. The van der Waals surface area contributed by atoms with Gasteiger partial charge in [0.05, 0.1) is 19.3 Å². The molecule has 0 aromatic heterocycles. The number of ether oxygens (including phenoxy) is 3. The van der Waals surface area contributed by atoms with Crippen LogP contribution in [0.2, 0.25) is 0 Å². The molecular weight excluding hydrogens is 420 g/mol. The summed E-state index contributed by atoms with van der Waals surface area (Å²) >= 11 is 0. The smallest absolute Gasteiger partial charge is 0.265 e. The molecule has 7 heteroatoms. The fourth-order valence-electron chi connectivity index (χ4n) is 4.49. The van der Waals surface area contributed by atoms with E-state index in [1.165, 1.54) is 32.1 Å². The number of fused-ring (bicyclic) bond motifs is 1. The van der Waals surface area contributed by atoms with E-state index < -0.39 is 0 Å². The number of hydrogen-bond acceptors (Lipinski definition) is 5. The highest BCUT2D eigenvalue weighted by molar-refractivity contribution is 5.99. The number of anilines is 2. The lowest BCUT2D eigenvalue weighted by atomic mass is 9.86. The molecule has 7 nitrogen and oxygen atoms in total. The van der Waals surface area contributed by atoms with Gasteiger partial charge in [-0.2, -0.15) is 0 Å². The molecule has 1 heterocycles. The quantitative estimate of drug-likeness (QED) is 0.591. The molecule has 0 radical (unpaired) electrons. The molecule has 0 atom stereocenters. The van der Waals surface area contributed by atoms with Crippen LogP contribution in [0, 0.1) is 5.92 Å². The lowest BCUT2D eigenvalue weighted by molar-refractivity contribution is -0.121. The van der Waals surface area contributed by atoms with Crippen LogP contribution in [0.5, 0.6) is 17.2 Å². The first-order valence-electron chi connectivity index (χ1n) is 11.8. The Hall–Kier alpha value is -3.22. The molecule has 1 fully saturated rings. The number of nitrogens with one attached hydrogen (secondary N) is 1. The molecule has 0 unspecified atom stereocenters. The Labute approximate surface area is 195 Å². The third-order valence-corrected chi connectivity index (χ3v) is 6.33. The highest BCUT2D eigenvalue weighted by atomic mass is 16.5. The fourth-order valence-corrected chi connectivity index (χ4v) is 4.49. The maximum atomic E-state index is 12.5. The maximum Gasteiger partial charge on any atom is 0.265 e. The zero-order valence-corrected chi connectivity index (χ0v) is 19.2. The number of hydrogen-bond donors (Lipinski definition) is 1. The van der Waals surface area contributed by atoms with Gasteiger partial charge < -0.3 is 24.4 Å². The van der Waals surface area contributed by atoms with Crippen LogP contribution < -0.4 is 24.4 Å². The van der Waals surface area contributed by atoms with Crippen LogP contribution in [0.4, 0.5) is 11.4 Å². The van der Waals surface area contributed by atoms with E-state index in [4.69, 9.17) is 14.2 Å². The molecule has 1 aliphatic carbocycles. The third-order valence-electron chi connectivity index (χ3n) is 6.33. The summed E-state index contributed by atoms with van der Waals surface area (Å²) in [5.41, 5.74) is 1.32. The first-order chi connectivity index (χ1) is 16.1. The molecule has 0 saturated heterocycles. The Balaban J connectivity index is 1.34. The third kappa shape index (κ3) is 6.18. The van der Waals surface area contributed by atoms with Gasteiger partial charge in [0.1, 0.15) is 23.9 Å². The monoisotopic (exact) mass is 452 g/mol. The fraction of sp³-hybridized carbons (Fsp3) is 0.462. The van der Waals surface area contributed by atoms with Crippen LogP contribution in [-0.2, 0) is 9.59 Å². The lowest BCUT2D eigenvalue weighted by Crippen LogP contribution is -2.41. The van der Waals surface area contributed by atoms with Crippen molar-refractivity contribution in [1.82, 2.24) is 0 Å². The molecule has 2 aromatic carbocycles. The number of rotatable bonds is 9. The van der Waals surface area contributed by atoms with E-state index in [0.29, 0.717) is 48.4 Å². The van der Waals surface area contributed by atoms with Gasteiger partial charge >= 0.3 is 0 Å². The molecule has 176 valence electrons.